The van der Waals surface area contributed by atoms with E-state index in [4.69, 9.17) is 22.6 Å². The van der Waals surface area contributed by atoms with Crippen LogP contribution in [0.3, 0.4) is 0 Å². The lowest BCUT2D eigenvalue weighted by molar-refractivity contribution is -0.572. The first-order valence-electron chi connectivity index (χ1n) is 25.2. The smallest absolute Gasteiger partial charge is 0.269 e. The van der Waals surface area contributed by atoms with Crippen molar-refractivity contribution in [1.29, 1.82) is 0 Å². The summed E-state index contributed by atoms with van der Waals surface area (Å²) >= 11 is 0. The summed E-state index contributed by atoms with van der Waals surface area (Å²) < 4.78 is 123. The molecule has 10 rings (SSSR count). The zero-order valence-corrected chi connectivity index (χ0v) is 31.7. The Bertz CT molecular complexity index is 3790. The topological polar surface area (TPSA) is 35.9 Å². The largest absolute Gasteiger partial charge is 0.458 e. The number of fused-ring (bicyclic) bond motifs is 4. The molecule has 10 aromatic rings. The van der Waals surface area contributed by atoms with E-state index in [0.717, 1.165) is 27.4 Å². The number of aromatic nitrogens is 4. The van der Waals surface area contributed by atoms with Gasteiger partial charge in [-0.3, -0.25) is 13.7 Å². The fourth-order valence-corrected chi connectivity index (χ4v) is 7.63. The Labute approximate surface area is 357 Å². The van der Waals surface area contributed by atoms with Crippen molar-refractivity contribution >= 4 is 32.8 Å². The molecule has 5 heteroatoms. The lowest BCUT2D eigenvalue weighted by atomic mass is 9.83. The van der Waals surface area contributed by atoms with E-state index in [-0.39, 0.29) is 40.2 Å². The molecule has 0 N–H and O–H groups in total. The first-order chi connectivity index (χ1) is 33.7. The number of nitrogens with zero attached hydrogens (tertiary/aromatic N) is 4. The second-order valence-electron chi connectivity index (χ2n) is 14.9. The van der Waals surface area contributed by atoms with Crippen LogP contribution < -0.4 is 9.30 Å². The molecule has 3 aromatic heterocycles. The van der Waals surface area contributed by atoms with Crippen molar-refractivity contribution in [3.8, 4) is 50.9 Å². The molecule has 0 aliphatic heterocycles. The van der Waals surface area contributed by atoms with Crippen LogP contribution in [0.15, 0.2) is 182 Å². The summed E-state index contributed by atoms with van der Waals surface area (Å²) in [6.07, 6.45) is 4.80. The van der Waals surface area contributed by atoms with Crippen molar-refractivity contribution < 1.29 is 27.1 Å². The minimum atomic E-state index is -2.77. The fourth-order valence-electron chi connectivity index (χ4n) is 7.63. The van der Waals surface area contributed by atoms with Gasteiger partial charge in [-0.2, -0.15) is 0 Å². The van der Waals surface area contributed by atoms with Crippen LogP contribution in [0.1, 0.15) is 49.7 Å². The third-order valence-electron chi connectivity index (χ3n) is 10.2. The van der Waals surface area contributed by atoms with Crippen LogP contribution in [-0.4, -0.2) is 14.1 Å². The first kappa shape index (κ1) is 23.7. The second kappa shape index (κ2) is 14.1. The van der Waals surface area contributed by atoms with E-state index in [1.165, 1.54) is 12.3 Å². The van der Waals surface area contributed by atoms with Crippen LogP contribution in [0.25, 0.3) is 72.3 Å². The Kier molecular flexibility index (Phi) is 5.75. The maximum atomic E-state index is 8.94. The molecule has 0 fully saturated rings. The van der Waals surface area contributed by atoms with Crippen molar-refractivity contribution in [1.82, 2.24) is 14.1 Å². The van der Waals surface area contributed by atoms with Gasteiger partial charge in [0.1, 0.15) is 17.3 Å². The molecule has 0 spiro atoms. The number of hydrogen-bond acceptors (Lipinski definition) is 2. The van der Waals surface area contributed by atoms with Gasteiger partial charge in [0.25, 0.3) is 6.33 Å². The number of aryl methyl sites for hydroxylation is 1. The lowest BCUT2D eigenvalue weighted by Gasteiger charge is -2.26. The minimum Gasteiger partial charge on any atom is -0.458 e. The third kappa shape index (κ3) is 6.12. The molecule has 5 nitrogen and oxygen atoms in total. The van der Waals surface area contributed by atoms with Crippen LogP contribution in [0, 0.1) is 13.2 Å². The van der Waals surface area contributed by atoms with Crippen LogP contribution in [0.5, 0.6) is 11.5 Å². The molecule has 58 heavy (non-hydrogen) atoms. The fraction of sp³-hybridized carbons (Fsp3) is 0.0943. The molecular weight excluding hydrogens is 709 g/mol. The summed E-state index contributed by atoms with van der Waals surface area (Å²) in [6, 6.07) is 30.5. The van der Waals surface area contributed by atoms with Gasteiger partial charge in [0.15, 0.2) is 0 Å². The Hall–Kier alpha value is -7.24. The molecule has 0 unspecified atom stereocenters. The van der Waals surface area contributed by atoms with Crippen molar-refractivity contribution in [3.63, 3.8) is 0 Å². The van der Waals surface area contributed by atoms with E-state index in [1.807, 2.05) is 117 Å². The Morgan fingerprint density at radius 3 is 2.12 bits per heavy atom. The second-order valence-corrected chi connectivity index (χ2v) is 14.9. The zero-order chi connectivity index (χ0) is 50.6. The quantitative estimate of drug-likeness (QED) is 0.120. The minimum absolute atomic E-state index is 0.0834. The van der Waals surface area contributed by atoms with E-state index in [1.54, 1.807) is 6.07 Å². The van der Waals surface area contributed by atoms with E-state index in [2.05, 4.69) is 32.1 Å². The molecular formula is C53H42N4O. The van der Waals surface area contributed by atoms with E-state index < -0.39 is 60.6 Å². The molecule has 0 aliphatic rings. The van der Waals surface area contributed by atoms with Crippen LogP contribution in [0.4, 0.5) is 0 Å². The predicted octanol–water partition coefficient (Wildman–Crippen LogP) is 12.9. The number of ether oxygens (including phenoxy) is 1. The predicted molar refractivity (Wildman–Crippen MR) is 237 cm³/mol. The highest BCUT2D eigenvalue weighted by atomic mass is 16.5. The Morgan fingerprint density at radius 2 is 1.34 bits per heavy atom. The monoisotopic (exact) mass is 763 g/mol. The number of rotatable bonds is 7. The van der Waals surface area contributed by atoms with E-state index >= 15 is 0 Å². The molecule has 0 saturated heterocycles. The third-order valence-corrected chi connectivity index (χ3v) is 10.2. The lowest BCUT2D eigenvalue weighted by Crippen LogP contribution is -2.34. The van der Waals surface area contributed by atoms with Gasteiger partial charge in [-0.25, -0.2) is 4.98 Å². The SMILES string of the molecule is [2H]c1c([2H])c([2H])c(-c2cnc(-n3c4ccccc4c4ccc(Oc5cccc(-n6[c-][n+](-c7c(-c8c([2H])c([2H])c([2H])c([2H])c8[2H])cccc7C(C)(C)C)c7ccccc76)c5)cc43)cc2C([2H])([2H])[2H])c([2H])c1[2H]. The van der Waals surface area contributed by atoms with Gasteiger partial charge >= 0.3 is 0 Å². The van der Waals surface area contributed by atoms with Gasteiger partial charge in [-0.05, 0) is 82.5 Å². The van der Waals surface area contributed by atoms with E-state index in [0.29, 0.717) is 39.5 Å². The number of hydrogen-bond donors (Lipinski definition) is 0. The van der Waals surface area contributed by atoms with E-state index in [9.17, 15) is 0 Å². The standard InChI is InChI=1S/C53H42N4O/c1-36-31-51(54-34-45(36)38-19-9-6-10-20-38)57-47-26-12-11-23-43(47)44-30-29-41(33-50(44)57)58-40-22-15-21-39(32-40)55-35-56(49-28-14-13-27-48(49)55)52-42(37-17-7-5-8-18-37)24-16-25-46(52)53(2,3)4/h5-34H,1-4H3/i1D3,5D,6D,7D,8D,9D,10D,17D,18D,19D,20D. The summed E-state index contributed by atoms with van der Waals surface area (Å²) in [4.78, 5) is 4.69. The number of benzene rings is 7. The van der Waals surface area contributed by atoms with Gasteiger partial charge in [-0.1, -0.05) is 148 Å². The van der Waals surface area contributed by atoms with Crippen molar-refractivity contribution in [3.05, 3.63) is 199 Å². The molecule has 0 radical (unpaired) electrons. The summed E-state index contributed by atoms with van der Waals surface area (Å²) in [7, 11) is 0. The average molecular weight is 764 g/mol. The summed E-state index contributed by atoms with van der Waals surface area (Å²) in [5.41, 5.74) is 4.55. The van der Waals surface area contributed by atoms with Gasteiger partial charge in [-0.15, -0.1) is 0 Å². The summed E-state index contributed by atoms with van der Waals surface area (Å²) in [6.45, 7) is 3.41. The highest BCUT2D eigenvalue weighted by molar-refractivity contribution is 6.09. The molecule has 0 aliphatic carbocycles. The highest BCUT2D eigenvalue weighted by Gasteiger charge is 2.25. The summed E-state index contributed by atoms with van der Waals surface area (Å²) in [5, 5.41) is 1.68. The van der Waals surface area contributed by atoms with Crippen LogP contribution in [-0.2, 0) is 5.41 Å². The molecule has 0 bridgehead atoms. The van der Waals surface area contributed by atoms with Gasteiger partial charge < -0.3 is 4.74 Å². The van der Waals surface area contributed by atoms with Gasteiger partial charge in [0.2, 0.25) is 0 Å². The van der Waals surface area contributed by atoms with Crippen LogP contribution in [0.2, 0.25) is 0 Å². The first-order valence-corrected chi connectivity index (χ1v) is 18.7. The zero-order valence-electron chi connectivity index (χ0n) is 44.7. The molecule has 0 amide bonds. The van der Waals surface area contributed by atoms with Crippen molar-refractivity contribution in [2.45, 2.75) is 33.0 Å². The molecule has 3 heterocycles. The number of pyridine rings is 1. The number of imidazole rings is 1. The molecule has 0 atom stereocenters. The summed E-state index contributed by atoms with van der Waals surface area (Å²) in [5.74, 6) is 1.15. The highest BCUT2D eigenvalue weighted by Crippen LogP contribution is 2.38. The average Bonchev–Trinajstić information content (AvgIpc) is 3.89. The van der Waals surface area contributed by atoms with Crippen molar-refractivity contribution in [2.75, 3.05) is 0 Å². The maximum Gasteiger partial charge on any atom is 0.269 e. The van der Waals surface area contributed by atoms with Gasteiger partial charge in [0, 0.05) is 32.7 Å². The maximum absolute atomic E-state index is 8.94. The normalized spacial score (nSPS) is 15.2. The Morgan fingerprint density at radius 1 is 0.655 bits per heavy atom. The molecule has 280 valence electrons. The Balaban J connectivity index is 1.09. The van der Waals surface area contributed by atoms with Crippen LogP contribution >= 0.6 is 0 Å². The van der Waals surface area contributed by atoms with Gasteiger partial charge in [0.05, 0.1) is 47.1 Å². The molecule has 0 saturated carbocycles. The van der Waals surface area contributed by atoms with Crippen molar-refractivity contribution in [2.24, 2.45) is 0 Å². The molecule has 7 aromatic carbocycles. The number of para-hydroxylation sites is 4.